The average molecular weight is 403 g/mol. The molecule has 1 aromatic rings. The number of hydrogen-bond acceptors (Lipinski definition) is 7. The molecule has 29 heavy (non-hydrogen) atoms. The van der Waals surface area contributed by atoms with Gasteiger partial charge in [0.2, 0.25) is 5.88 Å². The first-order chi connectivity index (χ1) is 14.1. The summed E-state index contributed by atoms with van der Waals surface area (Å²) in [7, 11) is 0. The zero-order valence-corrected chi connectivity index (χ0v) is 17.4. The smallest absolute Gasteiger partial charge is 0.361 e. The van der Waals surface area contributed by atoms with Crippen molar-refractivity contribution in [3.63, 3.8) is 0 Å². The lowest BCUT2D eigenvalue weighted by molar-refractivity contribution is -0.139. The molecule has 1 saturated carbocycles. The second-order valence-electron chi connectivity index (χ2n) is 7.88. The van der Waals surface area contributed by atoms with Crippen LogP contribution < -0.4 is 21.7 Å². The van der Waals surface area contributed by atoms with Crippen LogP contribution in [-0.2, 0) is 9.53 Å². The molecule has 0 bridgehead atoms. The number of piperidine rings is 1. The lowest BCUT2D eigenvalue weighted by Gasteiger charge is -2.39. The Labute approximate surface area is 173 Å². The van der Waals surface area contributed by atoms with E-state index in [1.165, 1.54) is 63.6 Å². The summed E-state index contributed by atoms with van der Waals surface area (Å²) < 4.78 is 10.5. The maximum Gasteiger partial charge on any atom is 0.361 e. The zero-order chi connectivity index (χ0) is 20.6. The predicted molar refractivity (Wildman–Crippen MR) is 113 cm³/mol. The minimum atomic E-state index is -0.645. The fraction of sp³-hybridized carbons (Fsp3) is 0.591. The maximum absolute atomic E-state index is 11.8. The Bertz CT molecular complexity index is 691. The SMILES string of the molecule is CCOC(=O)/C(NN)=C(/N)Oc1ccc(C2CCN(C3CCCCC3)CC2)cc1. The van der Waals surface area contributed by atoms with E-state index in [9.17, 15) is 4.79 Å². The van der Waals surface area contributed by atoms with E-state index in [2.05, 4.69) is 22.5 Å². The first kappa shape index (κ1) is 21.5. The fourth-order valence-electron chi connectivity index (χ4n) is 4.46. The van der Waals surface area contributed by atoms with Gasteiger partial charge in [-0.05, 0) is 69.3 Å². The maximum atomic E-state index is 11.8. The molecule has 1 aromatic carbocycles. The summed E-state index contributed by atoms with van der Waals surface area (Å²) in [6.45, 7) is 4.32. The number of rotatable bonds is 7. The van der Waals surface area contributed by atoms with Gasteiger partial charge in [0.25, 0.3) is 0 Å². The number of ether oxygens (including phenoxy) is 2. The normalized spacial score (nSPS) is 20.1. The molecule has 160 valence electrons. The number of carbonyl (C=O) groups excluding carboxylic acids is 1. The van der Waals surface area contributed by atoms with Crippen molar-refractivity contribution in [1.29, 1.82) is 0 Å². The van der Waals surface area contributed by atoms with Crippen LogP contribution in [0.15, 0.2) is 35.8 Å². The topological polar surface area (TPSA) is 103 Å². The summed E-state index contributed by atoms with van der Waals surface area (Å²) in [5.41, 5.74) is 9.35. The molecule has 1 saturated heterocycles. The van der Waals surface area contributed by atoms with Gasteiger partial charge in [-0.25, -0.2) is 4.79 Å². The fourth-order valence-corrected chi connectivity index (χ4v) is 4.46. The van der Waals surface area contributed by atoms with Gasteiger partial charge in [0, 0.05) is 6.04 Å². The van der Waals surface area contributed by atoms with Crippen LogP contribution >= 0.6 is 0 Å². The van der Waals surface area contributed by atoms with Crippen molar-refractivity contribution in [3.8, 4) is 5.75 Å². The van der Waals surface area contributed by atoms with Crippen LogP contribution in [0.25, 0.3) is 0 Å². The number of nitrogens with two attached hydrogens (primary N) is 2. The molecule has 2 fully saturated rings. The molecular formula is C22H34N4O3. The molecule has 1 aliphatic carbocycles. The van der Waals surface area contributed by atoms with E-state index in [1.807, 2.05) is 12.1 Å². The van der Waals surface area contributed by atoms with Gasteiger partial charge in [0.05, 0.1) is 6.61 Å². The molecule has 3 rings (SSSR count). The summed E-state index contributed by atoms with van der Waals surface area (Å²) in [5, 5.41) is 0. The number of hydrazine groups is 1. The lowest BCUT2D eigenvalue weighted by atomic mass is 9.87. The van der Waals surface area contributed by atoms with Gasteiger partial charge < -0.3 is 25.5 Å². The Morgan fingerprint density at radius 1 is 1.10 bits per heavy atom. The summed E-state index contributed by atoms with van der Waals surface area (Å²) in [6, 6.07) is 8.75. The Balaban J connectivity index is 1.55. The third-order valence-corrected chi connectivity index (χ3v) is 6.07. The van der Waals surface area contributed by atoms with Gasteiger partial charge in [0.15, 0.2) is 5.70 Å². The standard InChI is InChI=1S/C22H34N4O3/c1-2-28-22(27)20(25-24)21(23)29-19-10-8-16(9-11-19)17-12-14-26(15-13-17)18-6-4-3-5-7-18/h8-11,17-18,25H,2-7,12-15,23-24H2,1H3/b21-20+. The molecule has 0 atom stereocenters. The molecule has 0 amide bonds. The number of hydrogen-bond donors (Lipinski definition) is 3. The zero-order valence-electron chi connectivity index (χ0n) is 17.4. The molecule has 0 radical (unpaired) electrons. The lowest BCUT2D eigenvalue weighted by Crippen LogP contribution is -2.41. The van der Waals surface area contributed by atoms with E-state index in [4.69, 9.17) is 21.1 Å². The highest BCUT2D eigenvalue weighted by Gasteiger charge is 2.26. The Morgan fingerprint density at radius 3 is 2.34 bits per heavy atom. The first-order valence-electron chi connectivity index (χ1n) is 10.8. The minimum Gasteiger partial charge on any atom is -0.461 e. The Hall–Kier alpha value is -2.25. The molecule has 1 heterocycles. The van der Waals surface area contributed by atoms with E-state index in [-0.39, 0.29) is 18.2 Å². The third kappa shape index (κ3) is 5.64. The van der Waals surface area contributed by atoms with Gasteiger partial charge in [0.1, 0.15) is 5.75 Å². The van der Waals surface area contributed by atoms with Crippen molar-refractivity contribution in [3.05, 3.63) is 41.4 Å². The van der Waals surface area contributed by atoms with Crippen LogP contribution in [0.4, 0.5) is 0 Å². The molecule has 5 N–H and O–H groups in total. The van der Waals surface area contributed by atoms with Crippen molar-refractivity contribution < 1.29 is 14.3 Å². The molecule has 7 nitrogen and oxygen atoms in total. The van der Waals surface area contributed by atoms with Crippen LogP contribution in [0.5, 0.6) is 5.75 Å². The van der Waals surface area contributed by atoms with E-state index in [0.29, 0.717) is 11.7 Å². The number of likely N-dealkylation sites (tertiary alicyclic amines) is 1. The number of esters is 1. The van der Waals surface area contributed by atoms with E-state index in [1.54, 1.807) is 6.92 Å². The van der Waals surface area contributed by atoms with Gasteiger partial charge >= 0.3 is 5.97 Å². The molecule has 7 heteroatoms. The molecule has 0 spiro atoms. The van der Waals surface area contributed by atoms with Crippen LogP contribution in [-0.4, -0.2) is 36.6 Å². The highest BCUT2D eigenvalue weighted by atomic mass is 16.5. The Morgan fingerprint density at radius 2 is 1.76 bits per heavy atom. The average Bonchev–Trinajstić information content (AvgIpc) is 2.76. The number of benzene rings is 1. The molecule has 2 aliphatic rings. The Kier molecular flexibility index (Phi) is 7.77. The van der Waals surface area contributed by atoms with E-state index < -0.39 is 5.97 Å². The second-order valence-corrected chi connectivity index (χ2v) is 7.88. The van der Waals surface area contributed by atoms with Gasteiger partial charge in [-0.3, -0.25) is 5.84 Å². The predicted octanol–water partition coefficient (Wildman–Crippen LogP) is 2.73. The van der Waals surface area contributed by atoms with Gasteiger partial charge in [-0.15, -0.1) is 0 Å². The van der Waals surface area contributed by atoms with Crippen molar-refractivity contribution >= 4 is 5.97 Å². The quantitative estimate of drug-likeness (QED) is 0.212. The number of carbonyl (C=O) groups is 1. The van der Waals surface area contributed by atoms with Crippen LogP contribution in [0.3, 0.4) is 0 Å². The van der Waals surface area contributed by atoms with Crippen LogP contribution in [0, 0.1) is 0 Å². The van der Waals surface area contributed by atoms with Crippen molar-refractivity contribution in [2.24, 2.45) is 11.6 Å². The molecule has 0 aromatic heterocycles. The summed E-state index contributed by atoms with van der Waals surface area (Å²) in [5.74, 6) is 5.76. The third-order valence-electron chi connectivity index (χ3n) is 6.07. The van der Waals surface area contributed by atoms with Gasteiger partial charge in [-0.1, -0.05) is 31.4 Å². The second kappa shape index (κ2) is 10.5. The number of nitrogens with one attached hydrogen (secondary N) is 1. The van der Waals surface area contributed by atoms with Crippen molar-refractivity contribution in [2.75, 3.05) is 19.7 Å². The largest absolute Gasteiger partial charge is 0.461 e. The molecule has 1 aliphatic heterocycles. The van der Waals surface area contributed by atoms with Gasteiger partial charge in [-0.2, -0.15) is 0 Å². The minimum absolute atomic E-state index is 0.0917. The molecule has 0 unspecified atom stereocenters. The number of nitrogens with zero attached hydrogens (tertiary/aromatic N) is 1. The summed E-state index contributed by atoms with van der Waals surface area (Å²) >= 11 is 0. The van der Waals surface area contributed by atoms with Crippen molar-refractivity contribution in [1.82, 2.24) is 10.3 Å². The highest BCUT2D eigenvalue weighted by molar-refractivity contribution is 5.88. The molecular weight excluding hydrogens is 368 g/mol. The first-order valence-corrected chi connectivity index (χ1v) is 10.8. The van der Waals surface area contributed by atoms with Crippen molar-refractivity contribution in [2.45, 2.75) is 63.8 Å². The monoisotopic (exact) mass is 402 g/mol. The van der Waals surface area contributed by atoms with Crippen LogP contribution in [0.2, 0.25) is 0 Å². The summed E-state index contributed by atoms with van der Waals surface area (Å²) in [6.07, 6.45) is 9.33. The van der Waals surface area contributed by atoms with E-state index >= 15 is 0 Å². The summed E-state index contributed by atoms with van der Waals surface area (Å²) in [4.78, 5) is 14.5. The van der Waals surface area contributed by atoms with E-state index in [0.717, 1.165) is 6.04 Å². The highest BCUT2D eigenvalue weighted by Crippen LogP contribution is 2.32. The van der Waals surface area contributed by atoms with Crippen LogP contribution in [0.1, 0.15) is 63.4 Å².